The van der Waals surface area contributed by atoms with Gasteiger partial charge >= 0.3 is 30.7 Å². The van der Waals surface area contributed by atoms with Crippen LogP contribution in [0.15, 0.2) is 84.9 Å². The Morgan fingerprint density at radius 1 is 0.578 bits per heavy atom. The molecule has 4 nitrogen and oxygen atoms in total. The number of hydrogen-bond donors (Lipinski definition) is 0. The molecule has 0 saturated carbocycles. The average Bonchev–Trinajstić information content (AvgIpc) is 2.92. The predicted molar refractivity (Wildman–Crippen MR) is 144 cm³/mol. The number of hydrogen-bond acceptors (Lipinski definition) is 4. The van der Waals surface area contributed by atoms with Crippen molar-refractivity contribution < 1.29 is 58.6 Å². The number of ether oxygens (including phenoxy) is 2. The van der Waals surface area contributed by atoms with Crippen LogP contribution in [-0.4, -0.2) is 18.3 Å². The summed E-state index contributed by atoms with van der Waals surface area (Å²) in [5, 5.41) is 0.176. The lowest BCUT2D eigenvalue weighted by atomic mass is 9.94. The van der Waals surface area contributed by atoms with E-state index in [2.05, 4.69) is 4.74 Å². The predicted octanol–water partition coefficient (Wildman–Crippen LogP) is 9.47. The van der Waals surface area contributed by atoms with Crippen LogP contribution in [0.25, 0.3) is 22.3 Å². The Hall–Kier alpha value is -4.52. The second-order valence-corrected chi connectivity index (χ2v) is 9.95. The lowest BCUT2D eigenvalue weighted by Crippen LogP contribution is -2.17. The van der Waals surface area contributed by atoms with Gasteiger partial charge in [-0.1, -0.05) is 48.0 Å². The summed E-state index contributed by atoms with van der Waals surface area (Å²) in [6, 6.07) is 14.9. The molecule has 0 aliphatic heterocycles. The molecule has 0 bridgehead atoms. The number of esters is 2. The first kappa shape index (κ1) is 33.4. The molecule has 45 heavy (non-hydrogen) atoms. The van der Waals surface area contributed by atoms with Gasteiger partial charge in [0.2, 0.25) is 0 Å². The quantitative estimate of drug-likeness (QED) is 0.113. The molecule has 0 saturated heterocycles. The Kier molecular flexibility index (Phi) is 9.52. The summed E-state index contributed by atoms with van der Waals surface area (Å²) < 4.78 is 125. The molecule has 0 spiro atoms. The largest absolute Gasteiger partial charge is 0.573 e. The van der Waals surface area contributed by atoms with E-state index in [-0.39, 0.29) is 27.3 Å². The maximum atomic E-state index is 13.4. The van der Waals surface area contributed by atoms with Gasteiger partial charge in [0, 0.05) is 5.02 Å². The Labute approximate surface area is 254 Å². The van der Waals surface area contributed by atoms with E-state index < -0.39 is 60.4 Å². The fourth-order valence-corrected chi connectivity index (χ4v) is 4.57. The van der Waals surface area contributed by atoms with Crippen LogP contribution >= 0.6 is 11.6 Å². The van der Waals surface area contributed by atoms with E-state index in [0.717, 1.165) is 42.5 Å². The minimum atomic E-state index is -4.91. The summed E-state index contributed by atoms with van der Waals surface area (Å²) in [7, 11) is 0. The van der Waals surface area contributed by atoms with E-state index >= 15 is 0 Å². The molecule has 4 aromatic carbocycles. The zero-order valence-corrected chi connectivity index (χ0v) is 23.2. The third-order valence-corrected chi connectivity index (χ3v) is 6.55. The number of carbonyl (C=O) groups excluding carboxylic acids is 2. The summed E-state index contributed by atoms with van der Waals surface area (Å²) in [5.74, 6) is -2.86. The van der Waals surface area contributed by atoms with Gasteiger partial charge in [-0.05, 0) is 81.9 Å². The van der Waals surface area contributed by atoms with E-state index in [9.17, 15) is 49.1 Å². The molecule has 0 heterocycles. The zero-order chi connectivity index (χ0) is 33.2. The van der Waals surface area contributed by atoms with E-state index in [1.165, 1.54) is 30.3 Å². The summed E-state index contributed by atoms with van der Waals surface area (Å²) in [6.07, 6.45) is -15.8. The maximum absolute atomic E-state index is 13.4. The van der Waals surface area contributed by atoms with Gasteiger partial charge in [-0.3, -0.25) is 9.59 Å². The van der Waals surface area contributed by atoms with Crippen molar-refractivity contribution in [2.24, 2.45) is 0 Å². The first-order valence-corrected chi connectivity index (χ1v) is 13.0. The van der Waals surface area contributed by atoms with Crippen LogP contribution < -0.4 is 4.74 Å². The molecule has 0 fully saturated rings. The summed E-state index contributed by atoms with van der Waals surface area (Å²) in [4.78, 5) is 25.4. The van der Waals surface area contributed by atoms with Crippen LogP contribution in [0.1, 0.15) is 22.3 Å². The highest BCUT2D eigenvalue weighted by Crippen LogP contribution is 2.36. The Morgan fingerprint density at radius 3 is 1.51 bits per heavy atom. The number of alkyl halides is 9. The van der Waals surface area contributed by atoms with Crippen molar-refractivity contribution in [2.45, 2.75) is 31.6 Å². The molecular weight excluding hydrogens is 643 g/mol. The molecule has 0 atom stereocenters. The SMILES string of the molecule is O=C(Cc1cc(Cl)ccc1-c1ccc(OC(F)(F)F)cc1)OC(=O)Cc1cc(C(F)(F)F)ccc1-c1ccc(C(F)(F)F)cc1. The van der Waals surface area contributed by atoms with Gasteiger partial charge in [-0.15, -0.1) is 13.2 Å². The van der Waals surface area contributed by atoms with Crippen molar-refractivity contribution in [1.82, 2.24) is 0 Å². The minimum Gasteiger partial charge on any atom is -0.406 e. The third-order valence-electron chi connectivity index (χ3n) is 6.32. The number of carbonyl (C=O) groups is 2. The molecule has 0 aromatic heterocycles. The first-order valence-electron chi connectivity index (χ1n) is 12.6. The van der Waals surface area contributed by atoms with Crippen LogP contribution in [0.5, 0.6) is 5.75 Å². The van der Waals surface area contributed by atoms with Gasteiger partial charge in [0.1, 0.15) is 5.75 Å². The molecule has 0 aliphatic rings. The van der Waals surface area contributed by atoms with Crippen molar-refractivity contribution in [1.29, 1.82) is 0 Å². The summed E-state index contributed by atoms with van der Waals surface area (Å²) >= 11 is 6.04. The van der Waals surface area contributed by atoms with Gasteiger partial charge in [0.05, 0.1) is 24.0 Å². The van der Waals surface area contributed by atoms with Crippen molar-refractivity contribution in [2.75, 3.05) is 0 Å². The molecule has 0 aliphatic carbocycles. The molecular formula is C31H18ClF9O4. The average molecular weight is 661 g/mol. The Balaban J connectivity index is 1.54. The lowest BCUT2D eigenvalue weighted by molar-refractivity contribution is -0.274. The van der Waals surface area contributed by atoms with Crippen LogP contribution in [0, 0.1) is 0 Å². The highest BCUT2D eigenvalue weighted by molar-refractivity contribution is 6.30. The van der Waals surface area contributed by atoms with Gasteiger partial charge < -0.3 is 9.47 Å². The normalized spacial score (nSPS) is 12.1. The standard InChI is InChI=1S/C31H18ClF9O4/c32-23-8-12-26(18-3-9-24(10-4-18)45-31(39,40)41)20(14-23)16-28(43)44-27(42)15-19-13-22(30(36,37)38)7-11-25(19)17-1-5-21(6-2-17)29(33,34)35/h1-14H,15-16H2. The van der Waals surface area contributed by atoms with E-state index in [1.54, 1.807) is 0 Å². The Morgan fingerprint density at radius 2 is 1.02 bits per heavy atom. The number of rotatable bonds is 7. The van der Waals surface area contributed by atoms with Gasteiger partial charge in [-0.2, -0.15) is 26.3 Å². The molecule has 0 unspecified atom stereocenters. The smallest absolute Gasteiger partial charge is 0.406 e. The van der Waals surface area contributed by atoms with Gasteiger partial charge in [0.25, 0.3) is 0 Å². The first-order chi connectivity index (χ1) is 20.9. The monoisotopic (exact) mass is 660 g/mol. The van der Waals surface area contributed by atoms with Crippen molar-refractivity contribution in [3.8, 4) is 28.0 Å². The van der Waals surface area contributed by atoms with Gasteiger partial charge in [0.15, 0.2) is 0 Å². The third kappa shape index (κ3) is 9.00. The van der Waals surface area contributed by atoms with Crippen LogP contribution in [-0.2, 0) is 39.5 Å². The van der Waals surface area contributed by atoms with Crippen molar-refractivity contribution >= 4 is 23.5 Å². The van der Waals surface area contributed by atoms with Gasteiger partial charge in [-0.25, -0.2) is 0 Å². The topological polar surface area (TPSA) is 52.6 Å². The molecule has 4 aromatic rings. The Bertz CT molecular complexity index is 1690. The minimum absolute atomic E-state index is 0.0104. The van der Waals surface area contributed by atoms with E-state index in [1.807, 2.05) is 0 Å². The number of benzene rings is 4. The fraction of sp³-hybridized carbons (Fsp3) is 0.161. The fourth-order valence-electron chi connectivity index (χ4n) is 4.37. The molecule has 4 rings (SSSR count). The molecule has 236 valence electrons. The highest BCUT2D eigenvalue weighted by atomic mass is 35.5. The summed E-state index contributed by atoms with van der Waals surface area (Å²) in [5.41, 5.74) is -1.36. The van der Waals surface area contributed by atoms with E-state index in [4.69, 9.17) is 16.3 Å². The summed E-state index contributed by atoms with van der Waals surface area (Å²) in [6.45, 7) is 0. The second kappa shape index (κ2) is 12.8. The highest BCUT2D eigenvalue weighted by Gasteiger charge is 2.33. The second-order valence-electron chi connectivity index (χ2n) is 9.52. The molecule has 0 N–H and O–H groups in total. The van der Waals surface area contributed by atoms with Crippen molar-refractivity contribution in [3.05, 3.63) is 112 Å². The lowest BCUT2D eigenvalue weighted by Gasteiger charge is -2.15. The zero-order valence-electron chi connectivity index (χ0n) is 22.4. The molecule has 0 radical (unpaired) electrons. The molecule has 0 amide bonds. The maximum Gasteiger partial charge on any atom is 0.573 e. The molecule has 14 heteroatoms. The van der Waals surface area contributed by atoms with Crippen LogP contribution in [0.3, 0.4) is 0 Å². The number of halogens is 10. The van der Waals surface area contributed by atoms with Crippen molar-refractivity contribution in [3.63, 3.8) is 0 Å². The van der Waals surface area contributed by atoms with Crippen LogP contribution in [0.4, 0.5) is 39.5 Å². The van der Waals surface area contributed by atoms with Crippen LogP contribution in [0.2, 0.25) is 5.02 Å². The van der Waals surface area contributed by atoms with E-state index in [0.29, 0.717) is 23.3 Å².